The molecule has 0 bridgehead atoms. The third-order valence-corrected chi connectivity index (χ3v) is 3.18. The summed E-state index contributed by atoms with van der Waals surface area (Å²) in [6.45, 7) is 2.00. The molecule has 0 spiro atoms. The van der Waals surface area contributed by atoms with E-state index in [1.807, 2.05) is 6.92 Å². The molecule has 2 heterocycles. The SMILES string of the molecule is Cc1nc(C2CCC(CC#N)O2)cs1. The molecule has 74 valence electrons. The first-order valence-corrected chi connectivity index (χ1v) is 5.62. The molecule has 0 aromatic carbocycles. The molecule has 1 aliphatic rings. The van der Waals surface area contributed by atoms with Gasteiger partial charge in [0.2, 0.25) is 0 Å². The number of rotatable bonds is 2. The summed E-state index contributed by atoms with van der Waals surface area (Å²) < 4.78 is 5.72. The third-order valence-electron chi connectivity index (χ3n) is 2.39. The lowest BCUT2D eigenvalue weighted by Gasteiger charge is -2.08. The van der Waals surface area contributed by atoms with Crippen LogP contribution < -0.4 is 0 Å². The standard InChI is InChI=1S/C10H12N2OS/c1-7-12-9(6-14-7)10-3-2-8(13-10)4-5-11/h6,8,10H,2-4H2,1H3. The molecule has 1 aliphatic heterocycles. The summed E-state index contributed by atoms with van der Waals surface area (Å²) in [5, 5.41) is 11.7. The maximum atomic E-state index is 8.54. The minimum atomic E-state index is 0.118. The molecule has 14 heavy (non-hydrogen) atoms. The summed E-state index contributed by atoms with van der Waals surface area (Å²) in [5.74, 6) is 0. The van der Waals surface area contributed by atoms with Crippen molar-refractivity contribution in [1.82, 2.24) is 4.98 Å². The van der Waals surface area contributed by atoms with Gasteiger partial charge in [-0.05, 0) is 19.8 Å². The van der Waals surface area contributed by atoms with Crippen LogP contribution in [-0.2, 0) is 4.74 Å². The number of aromatic nitrogens is 1. The molecule has 0 N–H and O–H groups in total. The first kappa shape index (κ1) is 9.63. The zero-order valence-corrected chi connectivity index (χ0v) is 8.88. The topological polar surface area (TPSA) is 45.9 Å². The van der Waals surface area contributed by atoms with E-state index in [1.54, 1.807) is 11.3 Å². The van der Waals surface area contributed by atoms with E-state index >= 15 is 0 Å². The molecular formula is C10H12N2OS. The van der Waals surface area contributed by atoms with E-state index < -0.39 is 0 Å². The van der Waals surface area contributed by atoms with Crippen LogP contribution in [-0.4, -0.2) is 11.1 Å². The minimum Gasteiger partial charge on any atom is -0.368 e. The summed E-state index contributed by atoms with van der Waals surface area (Å²) in [7, 11) is 0. The summed E-state index contributed by atoms with van der Waals surface area (Å²) in [4.78, 5) is 4.40. The molecule has 1 aromatic heterocycles. The number of nitrogens with zero attached hydrogens (tertiary/aromatic N) is 2. The van der Waals surface area contributed by atoms with Gasteiger partial charge in [0.05, 0.1) is 29.3 Å². The van der Waals surface area contributed by atoms with Gasteiger partial charge in [0.15, 0.2) is 0 Å². The molecule has 2 unspecified atom stereocenters. The highest BCUT2D eigenvalue weighted by Gasteiger charge is 2.27. The Bertz CT molecular complexity index is 355. The van der Waals surface area contributed by atoms with Crippen molar-refractivity contribution in [2.24, 2.45) is 0 Å². The van der Waals surface area contributed by atoms with Crippen molar-refractivity contribution in [1.29, 1.82) is 5.26 Å². The second kappa shape index (κ2) is 4.07. The van der Waals surface area contributed by atoms with Gasteiger partial charge in [-0.2, -0.15) is 5.26 Å². The Morgan fingerprint density at radius 3 is 3.21 bits per heavy atom. The first-order chi connectivity index (χ1) is 6.79. The van der Waals surface area contributed by atoms with E-state index in [4.69, 9.17) is 10.00 Å². The number of thiazole rings is 1. The van der Waals surface area contributed by atoms with E-state index in [0.29, 0.717) is 6.42 Å². The Balaban J connectivity index is 1.99. The highest BCUT2D eigenvalue weighted by Crippen LogP contribution is 2.33. The van der Waals surface area contributed by atoms with E-state index in [1.165, 1.54) is 0 Å². The van der Waals surface area contributed by atoms with Crippen molar-refractivity contribution in [3.05, 3.63) is 16.1 Å². The second-order valence-electron chi connectivity index (χ2n) is 3.48. The summed E-state index contributed by atoms with van der Waals surface area (Å²) in [6, 6.07) is 2.14. The molecule has 1 fully saturated rings. The van der Waals surface area contributed by atoms with Crippen molar-refractivity contribution in [2.75, 3.05) is 0 Å². The molecule has 4 heteroatoms. The highest BCUT2D eigenvalue weighted by atomic mass is 32.1. The molecule has 0 amide bonds. The van der Waals surface area contributed by atoms with Crippen molar-refractivity contribution in [3.63, 3.8) is 0 Å². The van der Waals surface area contributed by atoms with E-state index in [9.17, 15) is 0 Å². The van der Waals surface area contributed by atoms with Gasteiger partial charge in [0.25, 0.3) is 0 Å². The van der Waals surface area contributed by atoms with Gasteiger partial charge in [-0.1, -0.05) is 0 Å². The first-order valence-electron chi connectivity index (χ1n) is 4.74. The molecule has 1 aromatic rings. The minimum absolute atomic E-state index is 0.118. The van der Waals surface area contributed by atoms with Crippen molar-refractivity contribution >= 4 is 11.3 Å². The van der Waals surface area contributed by atoms with Crippen LogP contribution in [0.15, 0.2) is 5.38 Å². The zero-order chi connectivity index (χ0) is 9.97. The van der Waals surface area contributed by atoms with Crippen LogP contribution in [0.1, 0.15) is 36.1 Å². The van der Waals surface area contributed by atoms with Crippen molar-refractivity contribution < 1.29 is 4.74 Å². The molecule has 2 rings (SSSR count). The number of hydrogen-bond donors (Lipinski definition) is 0. The lowest BCUT2D eigenvalue weighted by molar-refractivity contribution is 0.0454. The zero-order valence-electron chi connectivity index (χ0n) is 8.06. The van der Waals surface area contributed by atoms with Gasteiger partial charge in [0.1, 0.15) is 6.10 Å². The Hall–Kier alpha value is -0.920. The van der Waals surface area contributed by atoms with Gasteiger partial charge in [-0.15, -0.1) is 11.3 Å². The van der Waals surface area contributed by atoms with Gasteiger partial charge >= 0.3 is 0 Å². The van der Waals surface area contributed by atoms with Crippen LogP contribution in [0.3, 0.4) is 0 Å². The fraction of sp³-hybridized carbons (Fsp3) is 0.600. The molecule has 0 aliphatic carbocycles. The third kappa shape index (κ3) is 1.94. The van der Waals surface area contributed by atoms with E-state index in [0.717, 1.165) is 23.5 Å². The second-order valence-corrected chi connectivity index (χ2v) is 4.54. The van der Waals surface area contributed by atoms with E-state index in [-0.39, 0.29) is 12.2 Å². The average molecular weight is 208 g/mol. The van der Waals surface area contributed by atoms with Crippen molar-refractivity contribution in [2.45, 2.75) is 38.4 Å². The monoisotopic (exact) mass is 208 g/mol. The lowest BCUT2D eigenvalue weighted by Crippen LogP contribution is -2.05. The Labute approximate surface area is 87.3 Å². The molecule has 2 atom stereocenters. The number of ether oxygens (including phenoxy) is 1. The van der Waals surface area contributed by atoms with Crippen molar-refractivity contribution in [3.8, 4) is 6.07 Å². The predicted octanol–water partition coefficient (Wildman–Crippen LogP) is 2.59. The van der Waals surface area contributed by atoms with Gasteiger partial charge in [-0.3, -0.25) is 0 Å². The maximum absolute atomic E-state index is 8.54. The summed E-state index contributed by atoms with van der Waals surface area (Å²) >= 11 is 1.65. The van der Waals surface area contributed by atoms with Crippen LogP contribution in [0.4, 0.5) is 0 Å². The van der Waals surface area contributed by atoms with Gasteiger partial charge < -0.3 is 4.74 Å². The normalized spacial score (nSPS) is 26.3. The quantitative estimate of drug-likeness (QED) is 0.750. The maximum Gasteiger partial charge on any atom is 0.101 e. The lowest BCUT2D eigenvalue weighted by atomic mass is 10.1. The fourth-order valence-electron chi connectivity index (χ4n) is 1.70. The number of hydrogen-bond acceptors (Lipinski definition) is 4. The molecule has 0 saturated carbocycles. The van der Waals surface area contributed by atoms with Crippen LogP contribution in [0.5, 0.6) is 0 Å². The number of aryl methyl sites for hydroxylation is 1. The Kier molecular flexibility index (Phi) is 2.80. The fourth-order valence-corrected chi connectivity index (χ4v) is 2.36. The van der Waals surface area contributed by atoms with Crippen LogP contribution in [0, 0.1) is 18.3 Å². The van der Waals surface area contributed by atoms with Gasteiger partial charge in [0, 0.05) is 5.38 Å². The Morgan fingerprint density at radius 2 is 2.57 bits per heavy atom. The molecule has 1 saturated heterocycles. The highest BCUT2D eigenvalue weighted by molar-refractivity contribution is 7.09. The van der Waals surface area contributed by atoms with Gasteiger partial charge in [-0.25, -0.2) is 4.98 Å². The number of nitriles is 1. The summed E-state index contributed by atoms with van der Waals surface area (Å²) in [6.07, 6.45) is 2.72. The Morgan fingerprint density at radius 1 is 1.71 bits per heavy atom. The molecular weight excluding hydrogens is 196 g/mol. The average Bonchev–Trinajstić information content (AvgIpc) is 2.74. The van der Waals surface area contributed by atoms with Crippen LogP contribution in [0.25, 0.3) is 0 Å². The largest absolute Gasteiger partial charge is 0.368 e. The molecule has 3 nitrogen and oxygen atoms in total. The molecule has 0 radical (unpaired) electrons. The smallest absolute Gasteiger partial charge is 0.101 e. The van der Waals surface area contributed by atoms with E-state index in [2.05, 4.69) is 16.4 Å². The van der Waals surface area contributed by atoms with Crippen LogP contribution in [0.2, 0.25) is 0 Å². The van der Waals surface area contributed by atoms with Crippen LogP contribution >= 0.6 is 11.3 Å². The summed E-state index contributed by atoms with van der Waals surface area (Å²) in [5.41, 5.74) is 1.04. The predicted molar refractivity (Wildman–Crippen MR) is 53.9 cm³/mol.